The van der Waals surface area contributed by atoms with Crippen molar-refractivity contribution in [1.82, 2.24) is 0 Å². The van der Waals surface area contributed by atoms with E-state index in [0.717, 1.165) is 5.56 Å². The predicted molar refractivity (Wildman–Crippen MR) is 85.8 cm³/mol. The minimum atomic E-state index is -0.617. The van der Waals surface area contributed by atoms with Crippen molar-refractivity contribution >= 4 is 11.6 Å². The molecule has 21 heavy (non-hydrogen) atoms. The molecule has 2 rings (SSSR count). The molecule has 0 spiro atoms. The van der Waals surface area contributed by atoms with E-state index in [2.05, 4.69) is 5.32 Å². The van der Waals surface area contributed by atoms with Crippen molar-refractivity contribution in [2.75, 3.05) is 12.4 Å². The number of hydrogen-bond donors (Lipinski definition) is 1. The third kappa shape index (κ3) is 3.24. The van der Waals surface area contributed by atoms with E-state index in [0.29, 0.717) is 11.4 Å². The van der Waals surface area contributed by atoms with Gasteiger partial charge in [0.1, 0.15) is 5.75 Å². The van der Waals surface area contributed by atoms with Gasteiger partial charge in [0, 0.05) is 0 Å². The number of hydrogen-bond acceptors (Lipinski definition) is 2. The normalized spacial score (nSPS) is 11.0. The van der Waals surface area contributed by atoms with E-state index in [9.17, 15) is 4.79 Å². The number of nitrogens with one attached hydrogen (secondary N) is 1. The summed E-state index contributed by atoms with van der Waals surface area (Å²) in [5.41, 5.74) is 2.24. The molecule has 1 amide bonds. The van der Waals surface area contributed by atoms with Gasteiger partial charge in [-0.05, 0) is 38.5 Å². The molecule has 3 heteroatoms. The second kappa shape index (κ2) is 6.00. The van der Waals surface area contributed by atoms with Gasteiger partial charge in [-0.15, -0.1) is 0 Å². The van der Waals surface area contributed by atoms with Crippen LogP contribution >= 0.6 is 0 Å². The Morgan fingerprint density at radius 1 is 1.05 bits per heavy atom. The van der Waals surface area contributed by atoms with Crippen molar-refractivity contribution in [2.24, 2.45) is 0 Å². The first-order valence-corrected chi connectivity index (χ1v) is 6.97. The first-order valence-electron chi connectivity index (χ1n) is 6.97. The highest BCUT2D eigenvalue weighted by Crippen LogP contribution is 2.28. The van der Waals surface area contributed by atoms with Gasteiger partial charge < -0.3 is 10.1 Å². The van der Waals surface area contributed by atoms with Crippen LogP contribution in [-0.2, 0) is 10.2 Å². The molecule has 0 unspecified atom stereocenters. The lowest BCUT2D eigenvalue weighted by atomic mass is 9.83. The second-order valence-electron chi connectivity index (χ2n) is 5.65. The molecule has 0 radical (unpaired) electrons. The maximum Gasteiger partial charge on any atom is 0.234 e. The molecule has 2 aromatic carbocycles. The molecular formula is C18H21NO2. The van der Waals surface area contributed by atoms with Crippen molar-refractivity contribution in [3.8, 4) is 5.75 Å². The van der Waals surface area contributed by atoms with E-state index in [-0.39, 0.29) is 5.91 Å². The summed E-state index contributed by atoms with van der Waals surface area (Å²) in [4.78, 5) is 12.6. The van der Waals surface area contributed by atoms with Gasteiger partial charge in [-0.3, -0.25) is 4.79 Å². The van der Waals surface area contributed by atoms with Gasteiger partial charge in [-0.25, -0.2) is 0 Å². The van der Waals surface area contributed by atoms with Crippen LogP contribution in [0.3, 0.4) is 0 Å². The number of amides is 1. The Morgan fingerprint density at radius 2 is 1.67 bits per heavy atom. The number of aryl methyl sites for hydroxylation is 1. The third-order valence-electron chi connectivity index (χ3n) is 3.70. The Morgan fingerprint density at radius 3 is 2.29 bits per heavy atom. The molecule has 0 aliphatic carbocycles. The standard InChI is InChI=1S/C18H21NO2/c1-13-9-11-14(12-10-13)18(2,3)17(20)19-15-7-5-6-8-16(15)21-4/h5-12H,1-4H3,(H,19,20). The summed E-state index contributed by atoms with van der Waals surface area (Å²) in [6.07, 6.45) is 0. The molecule has 0 aromatic heterocycles. The number of methoxy groups -OCH3 is 1. The molecule has 1 N–H and O–H groups in total. The van der Waals surface area contributed by atoms with Crippen LogP contribution in [-0.4, -0.2) is 13.0 Å². The molecule has 0 saturated heterocycles. The largest absolute Gasteiger partial charge is 0.495 e. The van der Waals surface area contributed by atoms with Crippen LogP contribution in [0.5, 0.6) is 5.75 Å². The molecule has 110 valence electrons. The van der Waals surface area contributed by atoms with Crippen molar-refractivity contribution in [1.29, 1.82) is 0 Å². The van der Waals surface area contributed by atoms with Crippen LogP contribution in [0.2, 0.25) is 0 Å². The number of carbonyl (C=O) groups is 1. The molecule has 0 heterocycles. The van der Waals surface area contributed by atoms with Crippen LogP contribution in [0.1, 0.15) is 25.0 Å². The molecule has 0 aliphatic rings. The van der Waals surface area contributed by atoms with Gasteiger partial charge in [-0.1, -0.05) is 42.0 Å². The van der Waals surface area contributed by atoms with Crippen molar-refractivity contribution in [3.63, 3.8) is 0 Å². The van der Waals surface area contributed by atoms with Gasteiger partial charge >= 0.3 is 0 Å². The van der Waals surface area contributed by atoms with Crippen LogP contribution in [0.4, 0.5) is 5.69 Å². The average Bonchev–Trinajstić information content (AvgIpc) is 2.48. The number of rotatable bonds is 4. The molecule has 0 atom stereocenters. The average molecular weight is 283 g/mol. The lowest BCUT2D eigenvalue weighted by Gasteiger charge is -2.25. The number of anilines is 1. The summed E-state index contributed by atoms with van der Waals surface area (Å²) in [5, 5.41) is 2.95. The second-order valence-corrected chi connectivity index (χ2v) is 5.65. The zero-order valence-electron chi connectivity index (χ0n) is 12.9. The molecule has 0 saturated carbocycles. The van der Waals surface area contributed by atoms with E-state index >= 15 is 0 Å². The predicted octanol–water partition coefficient (Wildman–Crippen LogP) is 3.92. The maximum atomic E-state index is 12.6. The summed E-state index contributed by atoms with van der Waals surface area (Å²) in [6, 6.07) is 15.4. The van der Waals surface area contributed by atoms with Gasteiger partial charge in [0.2, 0.25) is 5.91 Å². The van der Waals surface area contributed by atoms with E-state index in [4.69, 9.17) is 4.74 Å². The zero-order chi connectivity index (χ0) is 15.5. The van der Waals surface area contributed by atoms with Gasteiger partial charge in [0.25, 0.3) is 0 Å². The minimum Gasteiger partial charge on any atom is -0.495 e. The van der Waals surface area contributed by atoms with E-state index in [1.54, 1.807) is 7.11 Å². The van der Waals surface area contributed by atoms with Gasteiger partial charge in [-0.2, -0.15) is 0 Å². The summed E-state index contributed by atoms with van der Waals surface area (Å²) >= 11 is 0. The molecule has 0 fully saturated rings. The van der Waals surface area contributed by atoms with Gasteiger partial charge in [0.15, 0.2) is 0 Å². The van der Waals surface area contributed by atoms with Crippen LogP contribution in [0, 0.1) is 6.92 Å². The van der Waals surface area contributed by atoms with Crippen molar-refractivity contribution < 1.29 is 9.53 Å². The Bertz CT molecular complexity index is 630. The lowest BCUT2D eigenvalue weighted by Crippen LogP contribution is -2.34. The SMILES string of the molecule is COc1ccccc1NC(=O)C(C)(C)c1ccc(C)cc1. The van der Waals surface area contributed by atoms with Gasteiger partial charge in [0.05, 0.1) is 18.2 Å². The molecule has 0 aliphatic heterocycles. The lowest BCUT2D eigenvalue weighted by molar-refractivity contribution is -0.120. The number of para-hydroxylation sites is 2. The van der Waals surface area contributed by atoms with Crippen molar-refractivity contribution in [3.05, 3.63) is 59.7 Å². The Kier molecular flexibility index (Phi) is 4.32. The molecular weight excluding hydrogens is 262 g/mol. The minimum absolute atomic E-state index is 0.0594. The van der Waals surface area contributed by atoms with E-state index < -0.39 is 5.41 Å². The Hall–Kier alpha value is -2.29. The van der Waals surface area contributed by atoms with Crippen LogP contribution < -0.4 is 10.1 Å². The van der Waals surface area contributed by atoms with Crippen LogP contribution in [0.25, 0.3) is 0 Å². The van der Waals surface area contributed by atoms with E-state index in [1.807, 2.05) is 69.3 Å². The first kappa shape index (κ1) is 15.1. The van der Waals surface area contributed by atoms with Crippen molar-refractivity contribution in [2.45, 2.75) is 26.2 Å². The monoisotopic (exact) mass is 283 g/mol. The highest BCUT2D eigenvalue weighted by molar-refractivity contribution is 5.99. The highest BCUT2D eigenvalue weighted by Gasteiger charge is 2.30. The number of carbonyl (C=O) groups excluding carboxylic acids is 1. The fourth-order valence-electron chi connectivity index (χ4n) is 2.13. The first-order chi connectivity index (χ1) is 9.95. The third-order valence-corrected chi connectivity index (χ3v) is 3.70. The molecule has 2 aromatic rings. The fraction of sp³-hybridized carbons (Fsp3) is 0.278. The maximum absolute atomic E-state index is 12.6. The Labute approximate surface area is 126 Å². The number of ether oxygens (including phenoxy) is 1. The zero-order valence-corrected chi connectivity index (χ0v) is 12.9. The Balaban J connectivity index is 2.24. The quantitative estimate of drug-likeness (QED) is 0.923. The summed E-state index contributed by atoms with van der Waals surface area (Å²) in [6.45, 7) is 5.87. The molecule has 0 bridgehead atoms. The smallest absolute Gasteiger partial charge is 0.234 e. The van der Waals surface area contributed by atoms with E-state index in [1.165, 1.54) is 5.56 Å². The topological polar surface area (TPSA) is 38.3 Å². The highest BCUT2D eigenvalue weighted by atomic mass is 16.5. The summed E-state index contributed by atoms with van der Waals surface area (Å²) in [5.74, 6) is 0.599. The number of benzene rings is 2. The fourth-order valence-corrected chi connectivity index (χ4v) is 2.13. The molecule has 3 nitrogen and oxygen atoms in total. The van der Waals surface area contributed by atoms with Crippen LogP contribution in [0.15, 0.2) is 48.5 Å². The summed E-state index contributed by atoms with van der Waals surface area (Å²) < 4.78 is 5.27. The summed E-state index contributed by atoms with van der Waals surface area (Å²) in [7, 11) is 1.59.